The fourth-order valence-electron chi connectivity index (χ4n) is 5.10. The second-order valence-corrected chi connectivity index (χ2v) is 9.35. The maximum Gasteiger partial charge on any atom is 0.328 e. The number of hydrogen-bond acceptors (Lipinski definition) is 9. The van der Waals surface area contributed by atoms with Gasteiger partial charge in [-0.2, -0.15) is 5.26 Å². The van der Waals surface area contributed by atoms with Crippen LogP contribution in [0.5, 0.6) is 0 Å². The van der Waals surface area contributed by atoms with E-state index in [1.807, 2.05) is 0 Å². The number of nitriles is 1. The predicted molar refractivity (Wildman–Crippen MR) is 136 cm³/mol. The van der Waals surface area contributed by atoms with Gasteiger partial charge in [-0.25, -0.2) is 19.6 Å². The van der Waals surface area contributed by atoms with Crippen LogP contribution in [-0.4, -0.2) is 85.8 Å². The summed E-state index contributed by atoms with van der Waals surface area (Å²) in [5, 5.41) is 18.4. The molecule has 1 saturated carbocycles. The molecule has 4 aliphatic rings. The van der Waals surface area contributed by atoms with Crippen molar-refractivity contribution in [3.05, 3.63) is 41.2 Å². The third-order valence-corrected chi connectivity index (χ3v) is 7.04. The van der Waals surface area contributed by atoms with Crippen LogP contribution >= 0.6 is 0 Å². The Bertz CT molecular complexity index is 1280. The van der Waals surface area contributed by atoms with E-state index >= 15 is 0 Å². The lowest BCUT2D eigenvalue weighted by molar-refractivity contribution is 0.0458. The van der Waals surface area contributed by atoms with Crippen molar-refractivity contribution in [3.63, 3.8) is 0 Å². The number of nitrogens with one attached hydrogen (secondary N) is 3. The molecule has 2 bridgehead atoms. The van der Waals surface area contributed by atoms with Gasteiger partial charge >= 0.3 is 12.1 Å². The molecule has 13 heteroatoms. The molecule has 13 nitrogen and oxygen atoms in total. The van der Waals surface area contributed by atoms with Gasteiger partial charge in [0.2, 0.25) is 0 Å². The van der Waals surface area contributed by atoms with Gasteiger partial charge in [-0.1, -0.05) is 6.07 Å². The Morgan fingerprint density at radius 1 is 1.29 bits per heavy atom. The normalized spacial score (nSPS) is 21.4. The molecule has 6 rings (SSSR count). The van der Waals surface area contributed by atoms with Crippen LogP contribution in [0.3, 0.4) is 0 Å². The SMILES string of the molecule is COCCNc1cc(NC(=O)N2c3nc(C=O)ccc3C3(NC(=O)N4CCOCC4)CC2C3)ncc1C#N. The van der Waals surface area contributed by atoms with Gasteiger partial charge in [0.1, 0.15) is 23.4 Å². The summed E-state index contributed by atoms with van der Waals surface area (Å²) in [6.45, 7) is 2.91. The number of carbonyl (C=O) groups is 3. The van der Waals surface area contributed by atoms with E-state index in [1.165, 1.54) is 11.1 Å². The van der Waals surface area contributed by atoms with E-state index in [2.05, 4.69) is 32.0 Å². The highest BCUT2D eigenvalue weighted by Crippen LogP contribution is 2.53. The standard InChI is InChI=1S/C25H28N8O5/c1-37-7-4-27-20-10-21(28-14-16(20)13-26)30-23(35)33-18-11-25(12-18,19-3-2-17(15-34)29-22(19)33)31-24(36)32-5-8-38-9-6-32/h2-3,10,14-15,18H,4-9,11-12H2,1H3,(H,31,36)(H2,27,28,30,35). The molecular formula is C25H28N8O5. The number of nitrogens with zero attached hydrogens (tertiary/aromatic N) is 5. The Morgan fingerprint density at radius 3 is 2.79 bits per heavy atom. The number of hydrogen-bond donors (Lipinski definition) is 3. The van der Waals surface area contributed by atoms with Crippen molar-refractivity contribution in [1.82, 2.24) is 20.2 Å². The molecule has 2 aromatic rings. The van der Waals surface area contributed by atoms with E-state index in [-0.39, 0.29) is 23.6 Å². The molecule has 3 N–H and O–H groups in total. The van der Waals surface area contributed by atoms with Crippen molar-refractivity contribution in [1.29, 1.82) is 5.26 Å². The number of urea groups is 2. The first-order valence-electron chi connectivity index (χ1n) is 12.3. The minimum atomic E-state index is -0.675. The van der Waals surface area contributed by atoms with Gasteiger partial charge < -0.3 is 25.0 Å². The molecule has 1 saturated heterocycles. The maximum atomic E-state index is 13.5. The zero-order valence-electron chi connectivity index (χ0n) is 20.9. The summed E-state index contributed by atoms with van der Waals surface area (Å²) in [4.78, 5) is 49.9. The van der Waals surface area contributed by atoms with E-state index < -0.39 is 11.6 Å². The summed E-state index contributed by atoms with van der Waals surface area (Å²) >= 11 is 0. The van der Waals surface area contributed by atoms with Gasteiger partial charge in [-0.3, -0.25) is 15.0 Å². The van der Waals surface area contributed by atoms with E-state index in [1.54, 1.807) is 30.2 Å². The van der Waals surface area contributed by atoms with Crippen LogP contribution in [0.4, 0.5) is 26.9 Å². The van der Waals surface area contributed by atoms with Crippen LogP contribution in [-0.2, 0) is 15.0 Å². The molecule has 2 fully saturated rings. The first kappa shape index (κ1) is 25.4. The van der Waals surface area contributed by atoms with Crippen molar-refractivity contribution in [2.75, 3.05) is 62.1 Å². The number of pyridine rings is 2. The molecule has 0 atom stereocenters. The fourth-order valence-corrected chi connectivity index (χ4v) is 5.10. The number of rotatable bonds is 7. The summed E-state index contributed by atoms with van der Waals surface area (Å²) in [6, 6.07) is 6.09. The molecular weight excluding hydrogens is 492 g/mol. The molecule has 0 aromatic carbocycles. The third-order valence-electron chi connectivity index (χ3n) is 7.04. The molecule has 0 unspecified atom stereocenters. The molecule has 198 valence electrons. The minimum Gasteiger partial charge on any atom is -0.383 e. The second kappa shape index (κ2) is 10.6. The summed E-state index contributed by atoms with van der Waals surface area (Å²) in [5.74, 6) is 0.572. The maximum absolute atomic E-state index is 13.5. The quantitative estimate of drug-likeness (QED) is 0.364. The molecule has 0 spiro atoms. The van der Waals surface area contributed by atoms with Gasteiger partial charge in [0.25, 0.3) is 0 Å². The Morgan fingerprint density at radius 2 is 2.08 bits per heavy atom. The molecule has 3 aliphatic heterocycles. The molecule has 4 amide bonds. The van der Waals surface area contributed by atoms with Crippen molar-refractivity contribution in [2.45, 2.75) is 24.4 Å². The van der Waals surface area contributed by atoms with Crippen molar-refractivity contribution in [3.8, 4) is 6.07 Å². The average molecular weight is 521 g/mol. The van der Waals surface area contributed by atoms with Crippen LogP contribution in [0.25, 0.3) is 0 Å². The number of aldehydes is 1. The number of anilines is 3. The van der Waals surface area contributed by atoms with E-state index in [0.717, 1.165) is 0 Å². The molecule has 38 heavy (non-hydrogen) atoms. The fraction of sp³-hybridized carbons (Fsp3) is 0.440. The Balaban J connectivity index is 1.39. The number of aromatic nitrogens is 2. The van der Waals surface area contributed by atoms with Crippen molar-refractivity contribution >= 4 is 35.7 Å². The Hall–Kier alpha value is -4.28. The van der Waals surface area contributed by atoms with Gasteiger partial charge in [0, 0.05) is 50.6 Å². The zero-order valence-corrected chi connectivity index (χ0v) is 20.9. The highest BCUT2D eigenvalue weighted by Gasteiger charge is 2.57. The summed E-state index contributed by atoms with van der Waals surface area (Å²) in [7, 11) is 1.58. The number of amides is 4. The van der Waals surface area contributed by atoms with Crippen molar-refractivity contribution in [2.24, 2.45) is 0 Å². The summed E-state index contributed by atoms with van der Waals surface area (Å²) in [5.41, 5.74) is 1.03. The van der Waals surface area contributed by atoms with Gasteiger partial charge in [-0.05, 0) is 18.9 Å². The topological polar surface area (TPSA) is 162 Å². The average Bonchev–Trinajstić information content (AvgIpc) is 2.92. The number of methoxy groups -OCH3 is 1. The third kappa shape index (κ3) is 4.71. The summed E-state index contributed by atoms with van der Waals surface area (Å²) in [6.07, 6.45) is 3.02. The van der Waals surface area contributed by atoms with Crippen molar-refractivity contribution < 1.29 is 23.9 Å². The molecule has 0 radical (unpaired) electrons. The number of carbonyl (C=O) groups excluding carboxylic acids is 3. The summed E-state index contributed by atoms with van der Waals surface area (Å²) < 4.78 is 10.4. The first-order valence-corrected chi connectivity index (χ1v) is 12.3. The Labute approximate surface area is 219 Å². The smallest absolute Gasteiger partial charge is 0.328 e. The van der Waals surface area contributed by atoms with E-state index in [4.69, 9.17) is 9.47 Å². The largest absolute Gasteiger partial charge is 0.383 e. The molecule has 1 aliphatic carbocycles. The lowest BCUT2D eigenvalue weighted by Gasteiger charge is -2.57. The molecule has 2 aromatic heterocycles. The first-order chi connectivity index (χ1) is 18.5. The highest BCUT2D eigenvalue weighted by atomic mass is 16.5. The second-order valence-electron chi connectivity index (χ2n) is 9.35. The van der Waals surface area contributed by atoms with Crippen LogP contribution in [0.15, 0.2) is 24.4 Å². The Kier molecular flexibility index (Phi) is 7.08. The van der Waals surface area contributed by atoms with Gasteiger partial charge in [0.15, 0.2) is 6.29 Å². The minimum absolute atomic E-state index is 0.179. The predicted octanol–water partition coefficient (Wildman–Crippen LogP) is 1.67. The highest BCUT2D eigenvalue weighted by molar-refractivity contribution is 6.03. The van der Waals surface area contributed by atoms with Crippen LogP contribution in [0.1, 0.15) is 34.5 Å². The van der Waals surface area contributed by atoms with E-state index in [9.17, 15) is 19.6 Å². The van der Waals surface area contributed by atoms with Crippen LogP contribution < -0.4 is 20.9 Å². The number of morpholine rings is 1. The van der Waals surface area contributed by atoms with Crippen LogP contribution in [0.2, 0.25) is 0 Å². The van der Waals surface area contributed by atoms with Gasteiger partial charge in [-0.15, -0.1) is 0 Å². The van der Waals surface area contributed by atoms with Gasteiger partial charge in [0.05, 0.1) is 36.6 Å². The lowest BCUT2D eigenvalue weighted by atomic mass is 9.64. The van der Waals surface area contributed by atoms with Crippen LogP contribution in [0, 0.1) is 11.3 Å². The monoisotopic (exact) mass is 520 g/mol. The molecule has 5 heterocycles. The lowest BCUT2D eigenvalue weighted by Crippen LogP contribution is -2.68. The number of ether oxygens (including phenoxy) is 2. The zero-order chi connectivity index (χ0) is 26.7. The van der Waals surface area contributed by atoms with E-state index in [0.29, 0.717) is 81.2 Å².